The van der Waals surface area contributed by atoms with Gasteiger partial charge in [-0.2, -0.15) is 0 Å². The molecule has 1 aromatic heterocycles. The predicted molar refractivity (Wildman–Crippen MR) is 107 cm³/mol. The third-order valence-corrected chi connectivity index (χ3v) is 5.24. The Morgan fingerprint density at radius 1 is 1.11 bits per heavy atom. The molecule has 0 spiro atoms. The van der Waals surface area contributed by atoms with E-state index in [1.807, 2.05) is 56.3 Å². The Balaban J connectivity index is 1.56. The van der Waals surface area contributed by atoms with Crippen LogP contribution in [0.5, 0.6) is 11.5 Å². The third kappa shape index (κ3) is 4.86. The van der Waals surface area contributed by atoms with Gasteiger partial charge < -0.3 is 14.8 Å². The Kier molecular flexibility index (Phi) is 6.08. The number of carbonyl (C=O) groups excluding carboxylic acids is 1. The molecule has 0 aliphatic carbocycles. The minimum Gasteiger partial charge on any atom is -0.493 e. The van der Waals surface area contributed by atoms with Crippen LogP contribution in [0.2, 0.25) is 0 Å². The van der Waals surface area contributed by atoms with Crippen molar-refractivity contribution in [2.45, 2.75) is 20.4 Å². The van der Waals surface area contributed by atoms with Crippen LogP contribution >= 0.6 is 11.3 Å². The zero-order chi connectivity index (χ0) is 19.2. The van der Waals surface area contributed by atoms with Crippen molar-refractivity contribution in [3.05, 3.63) is 64.7 Å². The predicted octanol–water partition coefficient (Wildman–Crippen LogP) is 4.13. The number of nitrogens with zero attached hydrogens (tertiary/aromatic N) is 1. The van der Waals surface area contributed by atoms with E-state index in [0.717, 1.165) is 26.7 Å². The number of nitrogens with one attached hydrogen (secondary N) is 1. The molecule has 2 aromatic carbocycles. The average molecular weight is 382 g/mol. The van der Waals surface area contributed by atoms with E-state index in [1.165, 1.54) is 0 Å². The highest BCUT2D eigenvalue weighted by molar-refractivity contribution is 7.15. The first kappa shape index (κ1) is 18.9. The molecule has 1 amide bonds. The molecule has 1 N–H and O–H groups in total. The van der Waals surface area contributed by atoms with Crippen LogP contribution in [0.25, 0.3) is 10.6 Å². The molecule has 0 aliphatic rings. The van der Waals surface area contributed by atoms with Gasteiger partial charge in [0.05, 0.1) is 19.3 Å². The number of carbonyl (C=O) groups is 1. The Hall–Kier alpha value is -2.86. The number of hydrogen-bond donors (Lipinski definition) is 1. The van der Waals surface area contributed by atoms with Crippen molar-refractivity contribution in [3.8, 4) is 22.1 Å². The van der Waals surface area contributed by atoms with Gasteiger partial charge >= 0.3 is 0 Å². The number of methoxy groups -OCH3 is 1. The minimum absolute atomic E-state index is 0.0667. The number of hydrogen-bond acceptors (Lipinski definition) is 5. The third-order valence-electron chi connectivity index (χ3n) is 4.04. The molecule has 3 rings (SSSR count). The largest absolute Gasteiger partial charge is 0.493 e. The Labute approximate surface area is 163 Å². The van der Waals surface area contributed by atoms with E-state index in [4.69, 9.17) is 9.47 Å². The summed E-state index contributed by atoms with van der Waals surface area (Å²) in [7, 11) is 1.58. The second kappa shape index (κ2) is 8.68. The summed E-state index contributed by atoms with van der Waals surface area (Å²) in [4.78, 5) is 17.8. The Morgan fingerprint density at radius 3 is 2.63 bits per heavy atom. The lowest BCUT2D eigenvalue weighted by molar-refractivity contribution is -0.123. The number of aryl methyl sites for hydroxylation is 2. The quantitative estimate of drug-likeness (QED) is 0.667. The summed E-state index contributed by atoms with van der Waals surface area (Å²) in [5, 5.41) is 3.85. The SMILES string of the molecule is COc1cc(C)ccc1OCC(=O)NCc1sc(-c2ccccc2)nc1C. The highest BCUT2D eigenvalue weighted by Gasteiger charge is 2.12. The van der Waals surface area contributed by atoms with Crippen molar-refractivity contribution in [1.29, 1.82) is 0 Å². The van der Waals surface area contributed by atoms with Crippen molar-refractivity contribution in [3.63, 3.8) is 0 Å². The number of benzene rings is 2. The molecule has 0 saturated carbocycles. The van der Waals surface area contributed by atoms with Gasteiger partial charge in [-0.25, -0.2) is 4.98 Å². The molecular formula is C21H22N2O3S. The number of aromatic nitrogens is 1. The maximum atomic E-state index is 12.2. The molecule has 0 saturated heterocycles. The smallest absolute Gasteiger partial charge is 0.258 e. The minimum atomic E-state index is -0.188. The summed E-state index contributed by atoms with van der Waals surface area (Å²) in [5.74, 6) is 0.985. The van der Waals surface area contributed by atoms with E-state index < -0.39 is 0 Å². The summed E-state index contributed by atoms with van der Waals surface area (Å²) in [5.41, 5.74) is 3.08. The van der Waals surface area contributed by atoms with Gasteiger partial charge in [0.25, 0.3) is 5.91 Å². The van der Waals surface area contributed by atoms with Crippen LogP contribution in [-0.4, -0.2) is 24.6 Å². The molecular weight excluding hydrogens is 360 g/mol. The fourth-order valence-corrected chi connectivity index (χ4v) is 3.57. The number of thiazole rings is 1. The maximum Gasteiger partial charge on any atom is 0.258 e. The number of rotatable bonds is 7. The average Bonchev–Trinajstić information content (AvgIpc) is 3.06. The van der Waals surface area contributed by atoms with Gasteiger partial charge in [0.2, 0.25) is 0 Å². The fourth-order valence-electron chi connectivity index (χ4n) is 2.56. The van der Waals surface area contributed by atoms with E-state index in [2.05, 4.69) is 10.3 Å². The van der Waals surface area contributed by atoms with Crippen molar-refractivity contribution in [2.24, 2.45) is 0 Å². The van der Waals surface area contributed by atoms with E-state index in [-0.39, 0.29) is 12.5 Å². The van der Waals surface area contributed by atoms with E-state index >= 15 is 0 Å². The first-order valence-corrected chi connectivity index (χ1v) is 9.44. The molecule has 0 aliphatic heterocycles. The van der Waals surface area contributed by atoms with Gasteiger partial charge in [0.1, 0.15) is 5.01 Å². The first-order chi connectivity index (χ1) is 13.1. The molecule has 1 heterocycles. The number of ether oxygens (including phenoxy) is 2. The molecule has 0 bridgehead atoms. The zero-order valence-electron chi connectivity index (χ0n) is 15.6. The standard InChI is InChI=1S/C21H22N2O3S/c1-14-9-10-17(18(11-14)25-3)26-13-20(24)22-12-19-15(2)23-21(27-19)16-7-5-4-6-8-16/h4-11H,12-13H2,1-3H3,(H,22,24). The Bertz CT molecular complexity index is 922. The Morgan fingerprint density at radius 2 is 1.89 bits per heavy atom. The summed E-state index contributed by atoms with van der Waals surface area (Å²) in [6, 6.07) is 15.6. The lowest BCUT2D eigenvalue weighted by Gasteiger charge is -2.11. The van der Waals surface area contributed by atoms with Crippen LogP contribution in [0.15, 0.2) is 48.5 Å². The number of amides is 1. The normalized spacial score (nSPS) is 10.5. The van der Waals surface area contributed by atoms with Crippen LogP contribution in [0.4, 0.5) is 0 Å². The molecule has 0 radical (unpaired) electrons. The molecule has 27 heavy (non-hydrogen) atoms. The van der Waals surface area contributed by atoms with Crippen molar-refractivity contribution < 1.29 is 14.3 Å². The van der Waals surface area contributed by atoms with Gasteiger partial charge in [0.15, 0.2) is 18.1 Å². The second-order valence-corrected chi connectivity index (χ2v) is 7.20. The molecule has 3 aromatic rings. The summed E-state index contributed by atoms with van der Waals surface area (Å²) in [6.07, 6.45) is 0. The van der Waals surface area contributed by atoms with Crippen LogP contribution in [0, 0.1) is 13.8 Å². The van der Waals surface area contributed by atoms with Crippen LogP contribution in [0.3, 0.4) is 0 Å². The lowest BCUT2D eigenvalue weighted by Crippen LogP contribution is -2.28. The van der Waals surface area contributed by atoms with Gasteiger partial charge in [0, 0.05) is 10.4 Å². The molecule has 140 valence electrons. The molecule has 0 fully saturated rings. The first-order valence-electron chi connectivity index (χ1n) is 8.62. The highest BCUT2D eigenvalue weighted by Crippen LogP contribution is 2.28. The van der Waals surface area contributed by atoms with E-state index in [9.17, 15) is 4.79 Å². The summed E-state index contributed by atoms with van der Waals surface area (Å²) in [6.45, 7) is 4.30. The molecule has 6 heteroatoms. The summed E-state index contributed by atoms with van der Waals surface area (Å²) < 4.78 is 10.9. The molecule has 0 atom stereocenters. The van der Waals surface area contributed by atoms with Gasteiger partial charge in [-0.1, -0.05) is 36.4 Å². The summed E-state index contributed by atoms with van der Waals surface area (Å²) >= 11 is 1.59. The van der Waals surface area contributed by atoms with Crippen molar-refractivity contribution >= 4 is 17.2 Å². The van der Waals surface area contributed by atoms with Gasteiger partial charge in [-0.15, -0.1) is 11.3 Å². The van der Waals surface area contributed by atoms with Crippen molar-refractivity contribution in [1.82, 2.24) is 10.3 Å². The topological polar surface area (TPSA) is 60.5 Å². The van der Waals surface area contributed by atoms with E-state index in [0.29, 0.717) is 18.0 Å². The van der Waals surface area contributed by atoms with Crippen LogP contribution in [0.1, 0.15) is 16.1 Å². The monoisotopic (exact) mass is 382 g/mol. The van der Waals surface area contributed by atoms with Crippen molar-refractivity contribution in [2.75, 3.05) is 13.7 Å². The van der Waals surface area contributed by atoms with Gasteiger partial charge in [-0.05, 0) is 31.5 Å². The zero-order valence-corrected chi connectivity index (χ0v) is 16.4. The fraction of sp³-hybridized carbons (Fsp3) is 0.238. The molecule has 5 nitrogen and oxygen atoms in total. The van der Waals surface area contributed by atoms with E-state index in [1.54, 1.807) is 24.5 Å². The highest BCUT2D eigenvalue weighted by atomic mass is 32.1. The van der Waals surface area contributed by atoms with Crippen LogP contribution in [-0.2, 0) is 11.3 Å². The molecule has 0 unspecified atom stereocenters. The van der Waals surface area contributed by atoms with Gasteiger partial charge in [-0.3, -0.25) is 4.79 Å². The second-order valence-electron chi connectivity index (χ2n) is 6.11. The maximum absolute atomic E-state index is 12.2. The lowest BCUT2D eigenvalue weighted by atomic mass is 10.2. The van der Waals surface area contributed by atoms with Crippen LogP contribution < -0.4 is 14.8 Å².